The van der Waals surface area contributed by atoms with Crippen LogP contribution < -0.4 is 5.46 Å². The fourth-order valence-electron chi connectivity index (χ4n) is 4.68. The van der Waals surface area contributed by atoms with Crippen LogP contribution in [0.5, 0.6) is 0 Å². The van der Waals surface area contributed by atoms with Crippen LogP contribution >= 0.6 is 23.2 Å². The fourth-order valence-corrected chi connectivity index (χ4v) is 5.32. The zero-order valence-electron chi connectivity index (χ0n) is 20.6. The van der Waals surface area contributed by atoms with E-state index < -0.39 is 18.3 Å². The van der Waals surface area contributed by atoms with E-state index in [4.69, 9.17) is 32.5 Å². The molecular weight excluding hydrogens is 484 g/mol. The summed E-state index contributed by atoms with van der Waals surface area (Å²) in [6, 6.07) is 9.65. The minimum Gasteiger partial charge on any atom is -0.399 e. The van der Waals surface area contributed by atoms with E-state index in [2.05, 4.69) is 44.9 Å². The van der Waals surface area contributed by atoms with E-state index in [1.54, 1.807) is 27.9 Å². The van der Waals surface area contributed by atoms with Gasteiger partial charge < -0.3 is 14.2 Å². The van der Waals surface area contributed by atoms with Crippen molar-refractivity contribution in [3.05, 3.63) is 69.5 Å². The quantitative estimate of drug-likeness (QED) is 0.469. The minimum absolute atomic E-state index is 0.176. The molecule has 5 rings (SSSR count). The summed E-state index contributed by atoms with van der Waals surface area (Å²) in [7, 11) is 1.41. The SMILES string of the molecule is Cn1cc(-c2cc(Cl)c(C(=O)N3CCc4c(cccc4B4OC(C)(C)C(C)(C)O4)C3)c(Cl)c2)cn1. The molecule has 35 heavy (non-hydrogen) atoms. The number of carbonyl (C=O) groups excluding carboxylic acids is 1. The molecule has 1 saturated heterocycles. The van der Waals surface area contributed by atoms with Gasteiger partial charge in [0.1, 0.15) is 0 Å². The van der Waals surface area contributed by atoms with Gasteiger partial charge in [-0.3, -0.25) is 9.48 Å². The second-order valence-corrected chi connectivity index (χ2v) is 11.1. The molecular formula is C26H28BCl2N3O3. The van der Waals surface area contributed by atoms with Crippen LogP contribution in [0.3, 0.4) is 0 Å². The second-order valence-electron chi connectivity index (χ2n) is 10.3. The Balaban J connectivity index is 1.40. The largest absolute Gasteiger partial charge is 0.495 e. The highest BCUT2D eigenvalue weighted by molar-refractivity contribution is 6.62. The van der Waals surface area contributed by atoms with Crippen LogP contribution in [0, 0.1) is 0 Å². The van der Waals surface area contributed by atoms with Crippen molar-refractivity contribution in [3.8, 4) is 11.1 Å². The molecule has 2 aliphatic heterocycles. The first-order valence-corrected chi connectivity index (χ1v) is 12.5. The van der Waals surface area contributed by atoms with Gasteiger partial charge in [-0.25, -0.2) is 0 Å². The molecule has 182 valence electrons. The molecule has 0 saturated carbocycles. The Morgan fingerprint density at radius 2 is 1.71 bits per heavy atom. The molecule has 0 N–H and O–H groups in total. The number of benzene rings is 2. The maximum atomic E-state index is 13.5. The smallest absolute Gasteiger partial charge is 0.399 e. The summed E-state index contributed by atoms with van der Waals surface area (Å²) in [4.78, 5) is 15.3. The molecule has 1 fully saturated rings. The summed E-state index contributed by atoms with van der Waals surface area (Å²) in [5, 5.41) is 4.86. The molecule has 9 heteroatoms. The van der Waals surface area contributed by atoms with Gasteiger partial charge in [0.25, 0.3) is 5.91 Å². The van der Waals surface area contributed by atoms with Crippen molar-refractivity contribution in [2.75, 3.05) is 6.54 Å². The molecule has 3 heterocycles. The number of hydrogen-bond acceptors (Lipinski definition) is 4. The van der Waals surface area contributed by atoms with Crippen molar-refractivity contribution in [2.45, 2.75) is 51.9 Å². The molecule has 1 amide bonds. The topological polar surface area (TPSA) is 56.6 Å². The third-order valence-electron chi connectivity index (χ3n) is 7.39. The van der Waals surface area contributed by atoms with Gasteiger partial charge in [-0.15, -0.1) is 0 Å². The molecule has 0 unspecified atom stereocenters. The standard InChI is InChI=1S/C26H28BCl2N3O3/c1-25(2)26(3,4)35-27(34-25)20-8-6-7-16-15-32(10-9-19(16)20)24(33)23-21(28)11-17(12-22(23)29)18-13-30-31(5)14-18/h6-8,11-14H,9-10,15H2,1-5H3. The first kappa shape index (κ1) is 24.4. The summed E-state index contributed by atoms with van der Waals surface area (Å²) < 4.78 is 14.3. The summed E-state index contributed by atoms with van der Waals surface area (Å²) in [6.07, 6.45) is 4.32. The van der Waals surface area contributed by atoms with E-state index in [1.165, 1.54) is 5.56 Å². The molecule has 2 aromatic carbocycles. The van der Waals surface area contributed by atoms with Gasteiger partial charge in [0.2, 0.25) is 0 Å². The maximum absolute atomic E-state index is 13.5. The van der Waals surface area contributed by atoms with E-state index in [0.717, 1.165) is 22.2 Å². The van der Waals surface area contributed by atoms with Crippen LogP contribution in [0.25, 0.3) is 11.1 Å². The number of halogens is 2. The van der Waals surface area contributed by atoms with Gasteiger partial charge in [-0.2, -0.15) is 5.10 Å². The van der Waals surface area contributed by atoms with Crippen molar-refractivity contribution in [1.82, 2.24) is 14.7 Å². The van der Waals surface area contributed by atoms with Crippen LogP contribution in [0.1, 0.15) is 49.2 Å². The van der Waals surface area contributed by atoms with Gasteiger partial charge >= 0.3 is 7.12 Å². The molecule has 1 aromatic heterocycles. The third kappa shape index (κ3) is 4.29. The molecule has 0 bridgehead atoms. The molecule has 0 atom stereocenters. The van der Waals surface area contributed by atoms with Gasteiger partial charge in [0.15, 0.2) is 0 Å². The van der Waals surface area contributed by atoms with Crippen molar-refractivity contribution in [1.29, 1.82) is 0 Å². The zero-order valence-corrected chi connectivity index (χ0v) is 22.1. The van der Waals surface area contributed by atoms with E-state index in [1.807, 2.05) is 19.3 Å². The van der Waals surface area contributed by atoms with Crippen LogP contribution in [0.2, 0.25) is 10.0 Å². The van der Waals surface area contributed by atoms with E-state index in [0.29, 0.717) is 35.1 Å². The zero-order chi connectivity index (χ0) is 25.1. The van der Waals surface area contributed by atoms with Gasteiger partial charge in [0.05, 0.1) is 33.0 Å². The van der Waals surface area contributed by atoms with E-state index in [9.17, 15) is 4.79 Å². The number of rotatable bonds is 3. The molecule has 2 aliphatic rings. The Morgan fingerprint density at radius 1 is 1.06 bits per heavy atom. The highest BCUT2D eigenvalue weighted by Gasteiger charge is 2.52. The number of aryl methyl sites for hydroxylation is 1. The number of carbonyl (C=O) groups is 1. The number of hydrogen-bond donors (Lipinski definition) is 0. The first-order valence-electron chi connectivity index (χ1n) is 11.7. The minimum atomic E-state index is -0.430. The van der Waals surface area contributed by atoms with Crippen molar-refractivity contribution < 1.29 is 14.1 Å². The Hall–Kier alpha value is -2.32. The summed E-state index contributed by atoms with van der Waals surface area (Å²) >= 11 is 13.2. The lowest BCUT2D eigenvalue weighted by molar-refractivity contribution is 0.00578. The first-order chi connectivity index (χ1) is 16.5. The molecule has 0 aliphatic carbocycles. The molecule has 6 nitrogen and oxygen atoms in total. The van der Waals surface area contributed by atoms with Gasteiger partial charge in [-0.1, -0.05) is 41.4 Å². The van der Waals surface area contributed by atoms with Crippen molar-refractivity contribution >= 4 is 41.7 Å². The highest BCUT2D eigenvalue weighted by Crippen LogP contribution is 2.37. The average Bonchev–Trinajstić information content (AvgIpc) is 3.31. The lowest BCUT2D eigenvalue weighted by Crippen LogP contribution is -2.43. The van der Waals surface area contributed by atoms with Crippen LogP contribution in [0.15, 0.2) is 42.7 Å². The van der Waals surface area contributed by atoms with Gasteiger partial charge in [-0.05, 0) is 68.4 Å². The Bertz CT molecular complexity index is 1280. The lowest BCUT2D eigenvalue weighted by atomic mass is 9.73. The number of aromatic nitrogens is 2. The Morgan fingerprint density at radius 3 is 2.31 bits per heavy atom. The van der Waals surface area contributed by atoms with Crippen LogP contribution in [-0.2, 0) is 29.3 Å². The van der Waals surface area contributed by atoms with Crippen molar-refractivity contribution in [2.24, 2.45) is 7.05 Å². The summed E-state index contributed by atoms with van der Waals surface area (Å²) in [6.45, 7) is 9.23. The molecule has 3 aromatic rings. The predicted molar refractivity (Wildman–Crippen MR) is 139 cm³/mol. The predicted octanol–water partition coefficient (Wildman–Crippen LogP) is 4.89. The Labute approximate surface area is 216 Å². The van der Waals surface area contributed by atoms with E-state index in [-0.39, 0.29) is 5.91 Å². The summed E-state index contributed by atoms with van der Waals surface area (Å²) in [5.41, 5.74) is 4.50. The Kier molecular flexibility index (Phi) is 6.03. The number of fused-ring (bicyclic) bond motifs is 1. The maximum Gasteiger partial charge on any atom is 0.495 e. The third-order valence-corrected chi connectivity index (χ3v) is 7.99. The highest BCUT2D eigenvalue weighted by atomic mass is 35.5. The van der Waals surface area contributed by atoms with Crippen LogP contribution in [0.4, 0.5) is 0 Å². The fraction of sp³-hybridized carbons (Fsp3) is 0.385. The van der Waals surface area contributed by atoms with Crippen LogP contribution in [-0.4, -0.2) is 45.5 Å². The summed E-state index contributed by atoms with van der Waals surface area (Å²) in [5.74, 6) is -0.176. The molecule has 0 radical (unpaired) electrons. The second kappa shape index (κ2) is 8.66. The number of amides is 1. The molecule has 0 spiro atoms. The van der Waals surface area contributed by atoms with Crippen molar-refractivity contribution in [3.63, 3.8) is 0 Å². The average molecular weight is 512 g/mol. The number of nitrogens with zero attached hydrogens (tertiary/aromatic N) is 3. The lowest BCUT2D eigenvalue weighted by Gasteiger charge is -2.32. The monoisotopic (exact) mass is 511 g/mol. The normalized spacial score (nSPS) is 18.6. The van der Waals surface area contributed by atoms with Gasteiger partial charge in [0, 0.05) is 31.9 Å². The van der Waals surface area contributed by atoms with E-state index >= 15 is 0 Å².